The average molecular weight is 308 g/mol. The number of amides is 2. The summed E-state index contributed by atoms with van der Waals surface area (Å²) in [5.74, 6) is -0.118. The third-order valence-corrected chi connectivity index (χ3v) is 4.16. The maximum atomic E-state index is 11.8. The largest absolute Gasteiger partial charge is 0.469 e. The molecule has 1 heterocycles. The van der Waals surface area contributed by atoms with E-state index in [4.69, 9.17) is 4.42 Å². The number of carbonyl (C=O) groups is 2. The molecule has 0 saturated heterocycles. The summed E-state index contributed by atoms with van der Waals surface area (Å²) in [4.78, 5) is 23.7. The standard InChI is InChI=1S/C16H24N2O4/c1-12-13(6-9-22-12)15(20)17-10-14(19)18-11-16(21)7-4-2-3-5-8-16/h6,9,21H,2-5,7-8,10-11H2,1H3,(H,17,20)(H,18,19). The van der Waals surface area contributed by atoms with Crippen LogP contribution in [0.25, 0.3) is 0 Å². The first-order valence-electron chi connectivity index (χ1n) is 7.82. The molecule has 0 aromatic carbocycles. The van der Waals surface area contributed by atoms with E-state index in [9.17, 15) is 14.7 Å². The van der Waals surface area contributed by atoms with Gasteiger partial charge in [0.2, 0.25) is 5.91 Å². The lowest BCUT2D eigenvalue weighted by Gasteiger charge is -2.26. The molecule has 6 nitrogen and oxygen atoms in total. The zero-order valence-electron chi connectivity index (χ0n) is 13.0. The molecule has 0 atom stereocenters. The average Bonchev–Trinajstić information content (AvgIpc) is 2.80. The molecule has 1 aliphatic rings. The summed E-state index contributed by atoms with van der Waals surface area (Å²) in [6.45, 7) is 1.82. The molecule has 1 fully saturated rings. The zero-order valence-corrected chi connectivity index (χ0v) is 13.0. The Bertz CT molecular complexity index is 516. The Hall–Kier alpha value is -1.82. The van der Waals surface area contributed by atoms with Crippen molar-refractivity contribution in [3.63, 3.8) is 0 Å². The van der Waals surface area contributed by atoms with Crippen molar-refractivity contribution < 1.29 is 19.1 Å². The molecule has 2 rings (SSSR count). The van der Waals surface area contributed by atoms with Crippen LogP contribution in [0.5, 0.6) is 0 Å². The predicted octanol–water partition coefficient (Wildman–Crippen LogP) is 1.52. The Balaban J connectivity index is 1.74. The molecule has 22 heavy (non-hydrogen) atoms. The van der Waals surface area contributed by atoms with Crippen molar-refractivity contribution in [3.8, 4) is 0 Å². The highest BCUT2D eigenvalue weighted by Gasteiger charge is 2.28. The van der Waals surface area contributed by atoms with Crippen LogP contribution in [-0.2, 0) is 4.79 Å². The minimum absolute atomic E-state index is 0.112. The molecule has 1 aromatic heterocycles. The van der Waals surface area contributed by atoms with Crippen LogP contribution >= 0.6 is 0 Å². The van der Waals surface area contributed by atoms with Crippen LogP contribution in [-0.4, -0.2) is 35.6 Å². The quantitative estimate of drug-likeness (QED) is 0.719. The number of rotatable bonds is 5. The number of hydrogen-bond donors (Lipinski definition) is 3. The molecule has 0 aliphatic heterocycles. The van der Waals surface area contributed by atoms with Crippen LogP contribution in [0.15, 0.2) is 16.7 Å². The van der Waals surface area contributed by atoms with E-state index in [1.54, 1.807) is 13.0 Å². The molecule has 0 unspecified atom stereocenters. The minimum Gasteiger partial charge on any atom is -0.469 e. The van der Waals surface area contributed by atoms with Crippen LogP contribution in [0.2, 0.25) is 0 Å². The fraction of sp³-hybridized carbons (Fsp3) is 0.625. The lowest BCUT2D eigenvalue weighted by atomic mass is 9.94. The summed E-state index contributed by atoms with van der Waals surface area (Å²) in [5.41, 5.74) is -0.382. The van der Waals surface area contributed by atoms with E-state index in [0.29, 0.717) is 24.2 Å². The van der Waals surface area contributed by atoms with E-state index >= 15 is 0 Å². The number of aliphatic hydroxyl groups is 1. The molecule has 0 spiro atoms. The SMILES string of the molecule is Cc1occc1C(=O)NCC(=O)NCC1(O)CCCCCC1. The lowest BCUT2D eigenvalue weighted by molar-refractivity contribution is -0.121. The first-order valence-corrected chi connectivity index (χ1v) is 7.82. The molecular weight excluding hydrogens is 284 g/mol. The number of aryl methyl sites for hydroxylation is 1. The summed E-state index contributed by atoms with van der Waals surface area (Å²) in [6, 6.07) is 1.57. The van der Waals surface area contributed by atoms with Gasteiger partial charge in [0, 0.05) is 6.54 Å². The van der Waals surface area contributed by atoms with Crippen LogP contribution in [0, 0.1) is 6.92 Å². The van der Waals surface area contributed by atoms with Crippen molar-refractivity contribution in [3.05, 3.63) is 23.7 Å². The fourth-order valence-electron chi connectivity index (χ4n) is 2.77. The second-order valence-corrected chi connectivity index (χ2v) is 5.99. The molecular formula is C16H24N2O4. The van der Waals surface area contributed by atoms with Crippen molar-refractivity contribution in [2.24, 2.45) is 0 Å². The van der Waals surface area contributed by atoms with Crippen LogP contribution in [0.4, 0.5) is 0 Å². The van der Waals surface area contributed by atoms with Crippen LogP contribution < -0.4 is 10.6 Å². The first kappa shape index (κ1) is 16.5. The lowest BCUT2D eigenvalue weighted by Crippen LogP contribution is -2.45. The molecule has 1 aromatic rings. The Morgan fingerprint density at radius 3 is 2.50 bits per heavy atom. The number of hydrogen-bond acceptors (Lipinski definition) is 4. The van der Waals surface area contributed by atoms with Gasteiger partial charge >= 0.3 is 0 Å². The van der Waals surface area contributed by atoms with Gasteiger partial charge in [0.15, 0.2) is 0 Å². The smallest absolute Gasteiger partial charge is 0.255 e. The van der Waals surface area contributed by atoms with Crippen molar-refractivity contribution in [2.45, 2.75) is 51.0 Å². The van der Waals surface area contributed by atoms with E-state index < -0.39 is 5.60 Å². The highest BCUT2D eigenvalue weighted by atomic mass is 16.3. The third-order valence-electron chi connectivity index (χ3n) is 4.16. The second kappa shape index (κ2) is 7.45. The minimum atomic E-state index is -0.808. The van der Waals surface area contributed by atoms with Crippen LogP contribution in [0.3, 0.4) is 0 Å². The highest BCUT2D eigenvalue weighted by molar-refractivity contribution is 5.97. The summed E-state index contributed by atoms with van der Waals surface area (Å²) in [7, 11) is 0. The van der Waals surface area contributed by atoms with Gasteiger partial charge in [-0.1, -0.05) is 25.7 Å². The third kappa shape index (κ3) is 4.59. The fourth-order valence-corrected chi connectivity index (χ4v) is 2.77. The summed E-state index contributed by atoms with van der Waals surface area (Å²) in [5, 5.41) is 15.7. The second-order valence-electron chi connectivity index (χ2n) is 5.99. The van der Waals surface area contributed by atoms with Gasteiger partial charge in [-0.15, -0.1) is 0 Å². The Morgan fingerprint density at radius 1 is 1.23 bits per heavy atom. The highest BCUT2D eigenvalue weighted by Crippen LogP contribution is 2.26. The normalized spacial score (nSPS) is 17.5. The van der Waals surface area contributed by atoms with Crippen molar-refractivity contribution >= 4 is 11.8 Å². The van der Waals surface area contributed by atoms with Gasteiger partial charge in [0.25, 0.3) is 5.91 Å². The maximum Gasteiger partial charge on any atom is 0.255 e. The monoisotopic (exact) mass is 308 g/mol. The molecule has 122 valence electrons. The molecule has 0 radical (unpaired) electrons. The Kier molecular flexibility index (Phi) is 5.60. The summed E-state index contributed by atoms with van der Waals surface area (Å²) < 4.78 is 5.05. The van der Waals surface area contributed by atoms with Crippen molar-refractivity contribution in [1.82, 2.24) is 10.6 Å². The van der Waals surface area contributed by atoms with E-state index in [0.717, 1.165) is 25.7 Å². The predicted molar refractivity (Wildman–Crippen MR) is 81.4 cm³/mol. The molecule has 3 N–H and O–H groups in total. The first-order chi connectivity index (χ1) is 10.5. The summed E-state index contributed by atoms with van der Waals surface area (Å²) >= 11 is 0. The van der Waals surface area contributed by atoms with E-state index in [1.165, 1.54) is 6.26 Å². The van der Waals surface area contributed by atoms with Gasteiger partial charge in [0.05, 0.1) is 24.0 Å². The van der Waals surface area contributed by atoms with Gasteiger partial charge in [0.1, 0.15) is 5.76 Å². The molecule has 2 amide bonds. The Morgan fingerprint density at radius 2 is 1.91 bits per heavy atom. The van der Waals surface area contributed by atoms with E-state index in [-0.39, 0.29) is 24.9 Å². The maximum absolute atomic E-state index is 11.8. The van der Waals surface area contributed by atoms with E-state index in [1.807, 2.05) is 0 Å². The van der Waals surface area contributed by atoms with Crippen molar-refractivity contribution in [2.75, 3.05) is 13.1 Å². The molecule has 1 aliphatic carbocycles. The molecule has 0 bridgehead atoms. The zero-order chi connectivity index (χ0) is 16.0. The molecule has 6 heteroatoms. The van der Waals surface area contributed by atoms with Gasteiger partial charge in [-0.25, -0.2) is 0 Å². The van der Waals surface area contributed by atoms with E-state index in [2.05, 4.69) is 10.6 Å². The van der Waals surface area contributed by atoms with Gasteiger partial charge in [-0.2, -0.15) is 0 Å². The van der Waals surface area contributed by atoms with Gasteiger partial charge in [-0.3, -0.25) is 9.59 Å². The van der Waals surface area contributed by atoms with Gasteiger partial charge < -0.3 is 20.2 Å². The van der Waals surface area contributed by atoms with Crippen LogP contribution in [0.1, 0.15) is 54.6 Å². The Labute approximate surface area is 130 Å². The topological polar surface area (TPSA) is 91.6 Å². The van der Waals surface area contributed by atoms with Crippen molar-refractivity contribution in [1.29, 1.82) is 0 Å². The summed E-state index contributed by atoms with van der Waals surface area (Å²) in [6.07, 6.45) is 7.12. The number of carbonyl (C=O) groups excluding carboxylic acids is 2. The van der Waals surface area contributed by atoms with Gasteiger partial charge in [-0.05, 0) is 25.8 Å². The number of nitrogens with one attached hydrogen (secondary N) is 2. The number of furan rings is 1. The molecule has 1 saturated carbocycles.